The Morgan fingerprint density at radius 3 is 2.82 bits per heavy atom. The third kappa shape index (κ3) is 4.56. The van der Waals surface area contributed by atoms with E-state index >= 15 is 0 Å². The summed E-state index contributed by atoms with van der Waals surface area (Å²) in [6.45, 7) is 2.91. The van der Waals surface area contributed by atoms with Crippen LogP contribution >= 0.6 is 27.5 Å². The molecule has 0 spiro atoms. The molecule has 1 N–H and O–H groups in total. The number of aryl methyl sites for hydroxylation is 2. The topological polar surface area (TPSA) is 50.2 Å². The van der Waals surface area contributed by atoms with Gasteiger partial charge < -0.3 is 5.32 Å². The SMILES string of the molecule is Cc1nn(C)cc1CN(C)CC(=O)Nc1ccc(Br)cc1Cl. The maximum atomic E-state index is 12.1. The van der Waals surface area contributed by atoms with E-state index in [-0.39, 0.29) is 12.5 Å². The standard InChI is InChI=1S/C15H18BrClN4O/c1-10-11(8-21(3)19-10)7-20(2)9-15(22)18-14-5-4-12(16)6-13(14)17/h4-6,8H,7,9H2,1-3H3,(H,18,22). The maximum absolute atomic E-state index is 12.1. The highest BCUT2D eigenvalue weighted by atomic mass is 79.9. The van der Waals surface area contributed by atoms with E-state index in [9.17, 15) is 4.79 Å². The number of rotatable bonds is 5. The minimum Gasteiger partial charge on any atom is -0.324 e. The van der Waals surface area contributed by atoms with Crippen LogP contribution in [0.4, 0.5) is 5.69 Å². The van der Waals surface area contributed by atoms with Crippen molar-refractivity contribution in [2.75, 3.05) is 18.9 Å². The summed E-state index contributed by atoms with van der Waals surface area (Å²) in [5, 5.41) is 7.63. The molecule has 7 heteroatoms. The first kappa shape index (κ1) is 17.0. The number of hydrogen-bond donors (Lipinski definition) is 1. The highest BCUT2D eigenvalue weighted by molar-refractivity contribution is 9.10. The molecule has 118 valence electrons. The highest BCUT2D eigenvalue weighted by Gasteiger charge is 2.12. The normalized spacial score (nSPS) is 11.0. The Hall–Kier alpha value is -1.37. The molecule has 5 nitrogen and oxygen atoms in total. The van der Waals surface area contributed by atoms with Crippen molar-refractivity contribution in [3.8, 4) is 0 Å². The Morgan fingerprint density at radius 2 is 2.23 bits per heavy atom. The van der Waals surface area contributed by atoms with Gasteiger partial charge in [0.1, 0.15) is 0 Å². The van der Waals surface area contributed by atoms with E-state index in [4.69, 9.17) is 11.6 Å². The second kappa shape index (κ2) is 7.26. The molecule has 0 saturated heterocycles. The number of benzene rings is 1. The number of aromatic nitrogens is 2. The largest absolute Gasteiger partial charge is 0.324 e. The van der Waals surface area contributed by atoms with Crippen LogP contribution in [-0.4, -0.2) is 34.2 Å². The zero-order valence-electron chi connectivity index (χ0n) is 12.7. The van der Waals surface area contributed by atoms with E-state index in [1.54, 1.807) is 16.8 Å². The molecule has 0 atom stereocenters. The smallest absolute Gasteiger partial charge is 0.238 e. The van der Waals surface area contributed by atoms with Crippen molar-refractivity contribution in [2.45, 2.75) is 13.5 Å². The average molecular weight is 386 g/mol. The molecule has 2 aromatic rings. The van der Waals surface area contributed by atoms with Crippen LogP contribution in [0.25, 0.3) is 0 Å². The summed E-state index contributed by atoms with van der Waals surface area (Å²) in [5.74, 6) is -0.103. The first-order chi connectivity index (χ1) is 10.3. The zero-order chi connectivity index (χ0) is 16.3. The first-order valence-corrected chi connectivity index (χ1v) is 7.95. The third-order valence-electron chi connectivity index (χ3n) is 3.17. The summed E-state index contributed by atoms with van der Waals surface area (Å²) in [5.41, 5.74) is 2.70. The summed E-state index contributed by atoms with van der Waals surface area (Å²) in [6, 6.07) is 5.36. The van der Waals surface area contributed by atoms with Crippen molar-refractivity contribution in [3.05, 3.63) is 45.1 Å². The first-order valence-electron chi connectivity index (χ1n) is 6.77. The van der Waals surface area contributed by atoms with Gasteiger partial charge in [-0.1, -0.05) is 27.5 Å². The number of hydrogen-bond acceptors (Lipinski definition) is 3. The number of carbonyl (C=O) groups is 1. The molecule has 0 bridgehead atoms. The van der Waals surface area contributed by atoms with E-state index in [2.05, 4.69) is 26.3 Å². The zero-order valence-corrected chi connectivity index (χ0v) is 15.1. The molecule has 1 heterocycles. The summed E-state index contributed by atoms with van der Waals surface area (Å²) in [7, 11) is 3.79. The molecule has 1 aromatic heterocycles. The van der Waals surface area contributed by atoms with Crippen LogP contribution in [0.15, 0.2) is 28.9 Å². The van der Waals surface area contributed by atoms with Crippen molar-refractivity contribution in [1.29, 1.82) is 0 Å². The van der Waals surface area contributed by atoms with Gasteiger partial charge in [0.05, 0.1) is 22.9 Å². The Morgan fingerprint density at radius 1 is 1.50 bits per heavy atom. The van der Waals surface area contributed by atoms with Crippen molar-refractivity contribution < 1.29 is 4.79 Å². The van der Waals surface area contributed by atoms with Crippen molar-refractivity contribution in [2.24, 2.45) is 7.05 Å². The van der Waals surface area contributed by atoms with E-state index in [0.717, 1.165) is 15.7 Å². The lowest BCUT2D eigenvalue weighted by Gasteiger charge is -2.16. The van der Waals surface area contributed by atoms with Crippen molar-refractivity contribution in [1.82, 2.24) is 14.7 Å². The van der Waals surface area contributed by atoms with Crippen LogP contribution in [0, 0.1) is 6.92 Å². The monoisotopic (exact) mass is 384 g/mol. The quantitative estimate of drug-likeness (QED) is 0.860. The Kier molecular flexibility index (Phi) is 5.61. The van der Waals surface area contributed by atoms with Gasteiger partial charge in [0, 0.05) is 29.8 Å². The summed E-state index contributed by atoms with van der Waals surface area (Å²) in [6.07, 6.45) is 1.97. The van der Waals surface area contributed by atoms with Gasteiger partial charge in [-0.3, -0.25) is 14.4 Å². The molecule has 1 aromatic carbocycles. The molecule has 0 aliphatic carbocycles. The van der Waals surface area contributed by atoms with Gasteiger partial charge in [-0.05, 0) is 32.2 Å². The predicted molar refractivity (Wildman–Crippen MR) is 92.1 cm³/mol. The minimum atomic E-state index is -0.103. The minimum absolute atomic E-state index is 0.103. The van der Waals surface area contributed by atoms with E-state index < -0.39 is 0 Å². The van der Waals surface area contributed by atoms with Gasteiger partial charge >= 0.3 is 0 Å². The fourth-order valence-corrected chi connectivity index (χ4v) is 2.90. The number of amides is 1. The maximum Gasteiger partial charge on any atom is 0.238 e. The molecule has 0 saturated carbocycles. The number of carbonyl (C=O) groups excluding carboxylic acids is 1. The van der Waals surface area contributed by atoms with Crippen LogP contribution < -0.4 is 5.32 Å². The van der Waals surface area contributed by atoms with Crippen LogP contribution in [0.2, 0.25) is 5.02 Å². The van der Waals surface area contributed by atoms with Crippen LogP contribution in [0.5, 0.6) is 0 Å². The Labute approximate surface area is 143 Å². The highest BCUT2D eigenvalue weighted by Crippen LogP contribution is 2.25. The van der Waals surface area contributed by atoms with Crippen LogP contribution in [0.1, 0.15) is 11.3 Å². The van der Waals surface area contributed by atoms with Gasteiger partial charge in [0.25, 0.3) is 0 Å². The van der Waals surface area contributed by atoms with Gasteiger partial charge in [-0.15, -0.1) is 0 Å². The number of likely N-dealkylation sites (N-methyl/N-ethyl adjacent to an activating group) is 1. The number of anilines is 1. The molecule has 0 aliphatic rings. The molecule has 0 unspecified atom stereocenters. The van der Waals surface area contributed by atoms with Gasteiger partial charge in [-0.25, -0.2) is 0 Å². The summed E-state index contributed by atoms with van der Waals surface area (Å²) in [4.78, 5) is 14.0. The van der Waals surface area contributed by atoms with Crippen molar-refractivity contribution >= 4 is 39.1 Å². The van der Waals surface area contributed by atoms with E-state index in [1.165, 1.54) is 0 Å². The molecule has 0 radical (unpaired) electrons. The fourth-order valence-electron chi connectivity index (χ4n) is 2.18. The lowest BCUT2D eigenvalue weighted by molar-refractivity contribution is -0.117. The Bertz CT molecular complexity index is 686. The second-order valence-electron chi connectivity index (χ2n) is 5.26. The average Bonchev–Trinajstić information content (AvgIpc) is 2.71. The molecule has 0 aliphatic heterocycles. The summed E-state index contributed by atoms with van der Waals surface area (Å²) >= 11 is 9.43. The molecule has 0 fully saturated rings. The number of nitrogens with one attached hydrogen (secondary N) is 1. The van der Waals surface area contributed by atoms with Gasteiger partial charge in [0.2, 0.25) is 5.91 Å². The predicted octanol–water partition coefficient (Wildman–Crippen LogP) is 3.21. The molecule has 22 heavy (non-hydrogen) atoms. The fraction of sp³-hybridized carbons (Fsp3) is 0.333. The molecular weight excluding hydrogens is 368 g/mol. The van der Waals surface area contributed by atoms with Gasteiger partial charge in [0.15, 0.2) is 0 Å². The van der Waals surface area contributed by atoms with Crippen LogP contribution in [0.3, 0.4) is 0 Å². The van der Waals surface area contributed by atoms with Crippen LogP contribution in [-0.2, 0) is 18.4 Å². The van der Waals surface area contributed by atoms with Crippen molar-refractivity contribution in [3.63, 3.8) is 0 Å². The summed E-state index contributed by atoms with van der Waals surface area (Å²) < 4.78 is 2.65. The van der Waals surface area contributed by atoms with Gasteiger partial charge in [-0.2, -0.15) is 5.10 Å². The number of nitrogens with zero attached hydrogens (tertiary/aromatic N) is 3. The Balaban J connectivity index is 1.92. The lowest BCUT2D eigenvalue weighted by atomic mass is 10.2. The number of halogens is 2. The van der Waals surface area contributed by atoms with E-state index in [0.29, 0.717) is 17.3 Å². The molecular formula is C15H18BrClN4O. The van der Waals surface area contributed by atoms with E-state index in [1.807, 2.05) is 38.2 Å². The second-order valence-corrected chi connectivity index (χ2v) is 6.58. The molecule has 1 amide bonds. The molecule has 2 rings (SSSR count). The lowest BCUT2D eigenvalue weighted by Crippen LogP contribution is -2.30. The third-order valence-corrected chi connectivity index (χ3v) is 3.98.